The van der Waals surface area contributed by atoms with Crippen LogP contribution in [0.3, 0.4) is 0 Å². The van der Waals surface area contributed by atoms with Crippen molar-refractivity contribution in [1.29, 1.82) is 0 Å². The summed E-state index contributed by atoms with van der Waals surface area (Å²) in [5.41, 5.74) is 0. The second kappa shape index (κ2) is 5.24. The van der Waals surface area contributed by atoms with Crippen LogP contribution in [0.2, 0.25) is 0 Å². The molecule has 0 aliphatic carbocycles. The largest absolute Gasteiger partial charge is 0.377 e. The third kappa shape index (κ3) is 2.78. The predicted octanol–water partition coefficient (Wildman–Crippen LogP) is 0.666. The standard InChI is InChI=1S/C10H19NO2S/c12-14(8-9-3-2-6-13-9)10-4-1-5-11-7-10/h9-11H,1-8H2. The normalized spacial score (nSPS) is 35.7. The maximum Gasteiger partial charge on any atom is 0.0691 e. The van der Waals surface area contributed by atoms with Gasteiger partial charge in [-0.2, -0.15) is 0 Å². The minimum Gasteiger partial charge on any atom is -0.377 e. The van der Waals surface area contributed by atoms with Crippen LogP contribution in [0.25, 0.3) is 0 Å². The number of hydrogen-bond acceptors (Lipinski definition) is 3. The van der Waals surface area contributed by atoms with Gasteiger partial charge in [-0.25, -0.2) is 0 Å². The van der Waals surface area contributed by atoms with Gasteiger partial charge in [0.05, 0.1) is 11.9 Å². The summed E-state index contributed by atoms with van der Waals surface area (Å²) in [6.45, 7) is 2.89. The molecule has 0 amide bonds. The van der Waals surface area contributed by atoms with Crippen molar-refractivity contribution in [1.82, 2.24) is 5.32 Å². The summed E-state index contributed by atoms with van der Waals surface area (Å²) in [5.74, 6) is 0.756. The first kappa shape index (κ1) is 10.6. The third-order valence-corrected chi connectivity index (χ3v) is 4.84. The maximum absolute atomic E-state index is 11.9. The van der Waals surface area contributed by atoms with Gasteiger partial charge in [0, 0.05) is 29.2 Å². The molecule has 3 atom stereocenters. The average Bonchev–Trinajstić information content (AvgIpc) is 2.72. The van der Waals surface area contributed by atoms with Crippen LogP contribution in [0.15, 0.2) is 0 Å². The zero-order valence-corrected chi connectivity index (χ0v) is 9.35. The molecule has 3 nitrogen and oxygen atoms in total. The van der Waals surface area contributed by atoms with Crippen molar-refractivity contribution in [2.24, 2.45) is 0 Å². The Bertz CT molecular complexity index is 198. The van der Waals surface area contributed by atoms with E-state index in [2.05, 4.69) is 5.32 Å². The molecule has 2 aliphatic rings. The second-order valence-electron chi connectivity index (χ2n) is 4.15. The smallest absolute Gasteiger partial charge is 0.0691 e. The van der Waals surface area contributed by atoms with Gasteiger partial charge in [0.2, 0.25) is 0 Å². The molecule has 2 fully saturated rings. The highest BCUT2D eigenvalue weighted by molar-refractivity contribution is 7.85. The molecule has 2 heterocycles. The summed E-state index contributed by atoms with van der Waals surface area (Å²) in [6.07, 6.45) is 4.81. The van der Waals surface area contributed by atoms with Crippen molar-refractivity contribution < 1.29 is 8.95 Å². The summed E-state index contributed by atoms with van der Waals surface area (Å²) in [4.78, 5) is 0. The second-order valence-corrected chi connectivity index (χ2v) is 5.91. The van der Waals surface area contributed by atoms with E-state index in [4.69, 9.17) is 4.74 Å². The van der Waals surface area contributed by atoms with Crippen molar-refractivity contribution in [3.63, 3.8) is 0 Å². The van der Waals surface area contributed by atoms with Crippen molar-refractivity contribution in [2.45, 2.75) is 37.0 Å². The van der Waals surface area contributed by atoms with E-state index >= 15 is 0 Å². The highest BCUT2D eigenvalue weighted by atomic mass is 32.2. The fourth-order valence-corrected chi connectivity index (χ4v) is 3.77. The molecular formula is C10H19NO2S. The summed E-state index contributed by atoms with van der Waals surface area (Å²) in [7, 11) is -0.684. The molecule has 2 aliphatic heterocycles. The maximum atomic E-state index is 11.9. The van der Waals surface area contributed by atoms with E-state index in [0.717, 1.165) is 44.7 Å². The molecule has 1 N–H and O–H groups in total. The topological polar surface area (TPSA) is 38.3 Å². The lowest BCUT2D eigenvalue weighted by atomic mass is 10.2. The SMILES string of the molecule is O=S(CC1CCCO1)C1CCCNC1. The Morgan fingerprint density at radius 1 is 1.36 bits per heavy atom. The van der Waals surface area contributed by atoms with Crippen LogP contribution in [0, 0.1) is 0 Å². The zero-order chi connectivity index (χ0) is 9.80. The molecule has 4 heteroatoms. The van der Waals surface area contributed by atoms with Gasteiger partial charge in [-0.05, 0) is 32.2 Å². The van der Waals surface area contributed by atoms with Gasteiger partial charge >= 0.3 is 0 Å². The van der Waals surface area contributed by atoms with E-state index in [0.29, 0.717) is 5.25 Å². The van der Waals surface area contributed by atoms with Gasteiger partial charge in [0.25, 0.3) is 0 Å². The van der Waals surface area contributed by atoms with Crippen LogP contribution >= 0.6 is 0 Å². The number of ether oxygens (including phenoxy) is 1. The first-order chi connectivity index (χ1) is 6.86. The predicted molar refractivity (Wildman–Crippen MR) is 57.9 cm³/mol. The number of rotatable bonds is 3. The van der Waals surface area contributed by atoms with Crippen LogP contribution in [0.5, 0.6) is 0 Å². The quantitative estimate of drug-likeness (QED) is 0.755. The lowest BCUT2D eigenvalue weighted by molar-refractivity contribution is 0.128. The van der Waals surface area contributed by atoms with E-state index in [-0.39, 0.29) is 6.10 Å². The Morgan fingerprint density at radius 3 is 2.93 bits per heavy atom. The lowest BCUT2D eigenvalue weighted by Gasteiger charge is -2.23. The molecule has 14 heavy (non-hydrogen) atoms. The molecule has 0 aromatic rings. The van der Waals surface area contributed by atoms with Crippen LogP contribution < -0.4 is 5.32 Å². The van der Waals surface area contributed by atoms with E-state index in [9.17, 15) is 4.21 Å². The van der Waals surface area contributed by atoms with E-state index in [1.807, 2.05) is 0 Å². The van der Waals surface area contributed by atoms with E-state index in [1.54, 1.807) is 0 Å². The van der Waals surface area contributed by atoms with Gasteiger partial charge in [0.1, 0.15) is 0 Å². The fraction of sp³-hybridized carbons (Fsp3) is 1.00. The van der Waals surface area contributed by atoms with Gasteiger partial charge in [0.15, 0.2) is 0 Å². The van der Waals surface area contributed by atoms with Crippen molar-refractivity contribution in [3.05, 3.63) is 0 Å². The molecular weight excluding hydrogens is 198 g/mol. The Labute approximate surface area is 88.0 Å². The summed E-state index contributed by atoms with van der Waals surface area (Å²) in [6, 6.07) is 0. The van der Waals surface area contributed by atoms with Crippen LogP contribution in [0.1, 0.15) is 25.7 Å². The molecule has 0 aromatic carbocycles. The van der Waals surface area contributed by atoms with Gasteiger partial charge < -0.3 is 10.1 Å². The molecule has 2 saturated heterocycles. The third-order valence-electron chi connectivity index (χ3n) is 3.00. The summed E-state index contributed by atoms with van der Waals surface area (Å²) < 4.78 is 17.4. The van der Waals surface area contributed by atoms with Crippen molar-refractivity contribution in [2.75, 3.05) is 25.4 Å². The fourth-order valence-electron chi connectivity index (χ4n) is 2.14. The monoisotopic (exact) mass is 217 g/mol. The van der Waals surface area contributed by atoms with E-state index < -0.39 is 10.8 Å². The lowest BCUT2D eigenvalue weighted by Crippen LogP contribution is -2.38. The minimum absolute atomic E-state index is 0.276. The van der Waals surface area contributed by atoms with Crippen molar-refractivity contribution >= 4 is 10.8 Å². The Hall–Kier alpha value is 0.0700. The van der Waals surface area contributed by atoms with Crippen molar-refractivity contribution in [3.8, 4) is 0 Å². The first-order valence-electron chi connectivity index (χ1n) is 5.56. The summed E-state index contributed by atoms with van der Waals surface area (Å²) in [5, 5.41) is 3.68. The Morgan fingerprint density at radius 2 is 2.29 bits per heavy atom. The molecule has 82 valence electrons. The first-order valence-corrected chi connectivity index (χ1v) is 6.94. The van der Waals surface area contributed by atoms with Crippen LogP contribution in [-0.2, 0) is 15.5 Å². The molecule has 0 aromatic heterocycles. The molecule has 3 unspecified atom stereocenters. The van der Waals surface area contributed by atoms with Crippen LogP contribution in [-0.4, -0.2) is 41.0 Å². The molecule has 0 bridgehead atoms. The number of piperidine rings is 1. The zero-order valence-electron chi connectivity index (χ0n) is 8.54. The molecule has 0 saturated carbocycles. The molecule has 2 rings (SSSR count). The van der Waals surface area contributed by atoms with E-state index in [1.165, 1.54) is 6.42 Å². The number of hydrogen-bond donors (Lipinski definition) is 1. The van der Waals surface area contributed by atoms with Gasteiger partial charge in [-0.15, -0.1) is 0 Å². The summed E-state index contributed by atoms with van der Waals surface area (Å²) >= 11 is 0. The average molecular weight is 217 g/mol. The number of nitrogens with one attached hydrogen (secondary N) is 1. The molecule has 0 spiro atoms. The van der Waals surface area contributed by atoms with Gasteiger partial charge in [-0.1, -0.05) is 0 Å². The van der Waals surface area contributed by atoms with Gasteiger partial charge in [-0.3, -0.25) is 4.21 Å². The highest BCUT2D eigenvalue weighted by Crippen LogP contribution is 2.16. The molecule has 0 radical (unpaired) electrons. The Balaban J connectivity index is 1.75. The highest BCUT2D eigenvalue weighted by Gasteiger charge is 2.24. The van der Waals surface area contributed by atoms with Crippen LogP contribution in [0.4, 0.5) is 0 Å². The minimum atomic E-state index is -0.684. The Kier molecular flexibility index (Phi) is 3.96.